The van der Waals surface area contributed by atoms with Gasteiger partial charge in [-0.25, -0.2) is 17.6 Å². The Balaban J connectivity index is 0.000000217. The Kier molecular flexibility index (Phi) is 16.7. The highest BCUT2D eigenvalue weighted by Crippen LogP contribution is 2.48. The van der Waals surface area contributed by atoms with E-state index in [4.69, 9.17) is 18.5 Å². The molecule has 0 radical (unpaired) electrons. The highest BCUT2D eigenvalue weighted by atomic mass is 31.2. The van der Waals surface area contributed by atoms with E-state index in [1.165, 1.54) is 20.2 Å². The second kappa shape index (κ2) is 22.3. The third-order valence-electron chi connectivity index (χ3n) is 12.9. The molecule has 2 spiro atoms. The number of carbonyl (C=O) groups excluding carboxylic acids is 4. The Hall–Kier alpha value is -6.24. The number of amides is 4. The molecule has 2 unspecified atom stereocenters. The maximum absolute atomic E-state index is 14.0. The predicted molar refractivity (Wildman–Crippen MR) is 251 cm³/mol. The summed E-state index contributed by atoms with van der Waals surface area (Å²) in [5, 5.41) is 26.2. The van der Waals surface area contributed by atoms with Crippen molar-refractivity contribution in [3.8, 4) is 11.5 Å². The van der Waals surface area contributed by atoms with E-state index in [1.54, 1.807) is 13.8 Å². The second-order valence-corrected chi connectivity index (χ2v) is 21.7. The largest absolute Gasteiger partial charge is 0.503 e. The van der Waals surface area contributed by atoms with Crippen molar-refractivity contribution in [1.82, 2.24) is 29.6 Å². The van der Waals surface area contributed by atoms with Gasteiger partial charge in [-0.1, -0.05) is 12.1 Å². The standard InChI is InChI=1S/C25H30F2N3O8P.C21H22F2N3O8P/c1-3-37-39(35,38-4-2)10-8-29-14-25(7-9-36-15-25)30-13-18(21(31)22(32)20(30)24(29)34)23(33)28-12-16-5-6-17(26)11-19(16)27;22-13-2-1-12(15(23)7-13)8-24-19(29)14-9-26-16(18(28)17(14)27)20(30)25(4-6-35(31,32)33)10-21(26)3-5-34-11-21/h5-6,11,13,32H,3-4,7-10,12,14-15H2,1-2H3,(H,28,33);1-2,7,9,28H,3-6,8,10-11H2,(H,24,29)(H2,31,32,33). The van der Waals surface area contributed by atoms with E-state index in [2.05, 4.69) is 10.6 Å². The first-order chi connectivity index (χ1) is 35.0. The zero-order valence-corrected chi connectivity index (χ0v) is 41.6. The van der Waals surface area contributed by atoms with Gasteiger partial charge >= 0.3 is 15.2 Å². The lowest BCUT2D eigenvalue weighted by molar-refractivity contribution is 0.0503. The number of fused-ring (bicyclic) bond motifs is 4. The number of rotatable bonds is 16. The van der Waals surface area contributed by atoms with Gasteiger partial charge in [-0.15, -0.1) is 0 Å². The molecule has 4 aromatic rings. The number of hydrogen-bond donors (Lipinski definition) is 6. The number of hydrogen-bond acceptors (Lipinski definition) is 14. The summed E-state index contributed by atoms with van der Waals surface area (Å²) in [7, 11) is -7.90. The van der Waals surface area contributed by atoms with E-state index in [0.717, 1.165) is 35.4 Å². The maximum atomic E-state index is 14.0. The fourth-order valence-corrected chi connectivity index (χ4v) is 11.2. The van der Waals surface area contributed by atoms with Gasteiger partial charge in [0.15, 0.2) is 22.9 Å². The predicted octanol–water partition coefficient (Wildman–Crippen LogP) is 3.11. The summed E-state index contributed by atoms with van der Waals surface area (Å²) in [6, 6.07) is 5.66. The molecule has 6 N–H and O–H groups in total. The van der Waals surface area contributed by atoms with Gasteiger partial charge in [0.2, 0.25) is 10.9 Å². The smallest absolute Gasteiger partial charge is 0.332 e. The quantitative estimate of drug-likeness (QED) is 0.0694. The van der Waals surface area contributed by atoms with Gasteiger partial charge in [-0.3, -0.25) is 37.9 Å². The monoisotopic (exact) mass is 1080 g/mol. The van der Waals surface area contributed by atoms with Crippen LogP contribution in [0.1, 0.15) is 79.5 Å². The molecule has 74 heavy (non-hydrogen) atoms. The van der Waals surface area contributed by atoms with Gasteiger partial charge in [0, 0.05) is 88.1 Å². The number of halogens is 4. The molecule has 2 aromatic heterocycles. The third-order valence-corrected chi connectivity index (χ3v) is 15.7. The Bertz CT molecular complexity index is 3070. The lowest BCUT2D eigenvalue weighted by Crippen LogP contribution is -2.56. The summed E-state index contributed by atoms with van der Waals surface area (Å²) in [6.45, 7) is 3.47. The van der Waals surface area contributed by atoms with Crippen LogP contribution in [0.4, 0.5) is 17.6 Å². The molecule has 2 atom stereocenters. The highest BCUT2D eigenvalue weighted by molar-refractivity contribution is 7.53. The van der Waals surface area contributed by atoms with Crippen LogP contribution in [0.2, 0.25) is 0 Å². The molecule has 0 saturated carbocycles. The van der Waals surface area contributed by atoms with Crippen molar-refractivity contribution in [2.75, 3.05) is 78.1 Å². The lowest BCUT2D eigenvalue weighted by atomic mass is 9.92. The minimum absolute atomic E-state index is 0.00471. The number of aromatic nitrogens is 2. The fraction of sp³-hybridized carbons (Fsp3) is 0.435. The molecule has 2 saturated heterocycles. The molecule has 6 heterocycles. The van der Waals surface area contributed by atoms with Crippen molar-refractivity contribution < 1.29 is 84.4 Å². The van der Waals surface area contributed by atoms with Crippen molar-refractivity contribution in [3.63, 3.8) is 0 Å². The van der Waals surface area contributed by atoms with Crippen LogP contribution in [0.3, 0.4) is 0 Å². The summed E-state index contributed by atoms with van der Waals surface area (Å²) < 4.78 is 103. The van der Waals surface area contributed by atoms with Crippen LogP contribution in [0.25, 0.3) is 0 Å². The van der Waals surface area contributed by atoms with Crippen molar-refractivity contribution in [2.45, 2.75) is 50.9 Å². The zero-order chi connectivity index (χ0) is 53.9. The third kappa shape index (κ3) is 11.7. The van der Waals surface area contributed by atoms with Crippen molar-refractivity contribution in [1.29, 1.82) is 0 Å². The van der Waals surface area contributed by atoms with Gasteiger partial charge in [-0.05, 0) is 38.8 Å². The van der Waals surface area contributed by atoms with Crippen molar-refractivity contribution >= 4 is 38.8 Å². The van der Waals surface area contributed by atoms with Gasteiger partial charge < -0.3 is 68.1 Å². The summed E-state index contributed by atoms with van der Waals surface area (Å²) in [4.78, 5) is 98.9. The van der Waals surface area contributed by atoms with Gasteiger partial charge in [0.25, 0.3) is 23.6 Å². The lowest BCUT2D eigenvalue weighted by Gasteiger charge is -2.43. The molecular formula is C46H52F4N6O16P2. The number of nitrogens with one attached hydrogen (secondary N) is 2. The first kappa shape index (κ1) is 55.5. The number of aromatic hydroxyl groups is 2. The molecule has 2 aromatic carbocycles. The molecule has 0 aliphatic carbocycles. The van der Waals surface area contributed by atoms with Crippen LogP contribution in [-0.4, -0.2) is 141 Å². The number of ether oxygens (including phenoxy) is 2. The molecule has 4 aliphatic rings. The van der Waals surface area contributed by atoms with Gasteiger partial charge in [-0.2, -0.15) is 0 Å². The van der Waals surface area contributed by atoms with E-state index in [1.807, 2.05) is 0 Å². The number of carbonyl (C=O) groups is 4. The minimum Gasteiger partial charge on any atom is -0.503 e. The Morgan fingerprint density at radius 2 is 1.08 bits per heavy atom. The molecular weight excluding hydrogens is 1030 g/mol. The average molecular weight is 1080 g/mol. The Morgan fingerprint density at radius 1 is 0.676 bits per heavy atom. The summed E-state index contributed by atoms with van der Waals surface area (Å²) >= 11 is 0. The van der Waals surface area contributed by atoms with Crippen molar-refractivity contribution in [2.24, 2.45) is 0 Å². The molecule has 0 bridgehead atoms. The van der Waals surface area contributed by atoms with Gasteiger partial charge in [0.1, 0.15) is 34.4 Å². The van der Waals surface area contributed by atoms with E-state index >= 15 is 0 Å². The van der Waals surface area contributed by atoms with Crippen LogP contribution in [-0.2, 0) is 51.8 Å². The number of benzene rings is 2. The zero-order valence-electron chi connectivity index (χ0n) is 39.8. The molecule has 8 rings (SSSR count). The molecule has 4 amide bonds. The molecule has 28 heteroatoms. The Morgan fingerprint density at radius 3 is 1.43 bits per heavy atom. The van der Waals surface area contributed by atoms with Crippen LogP contribution in [0, 0.1) is 23.3 Å². The van der Waals surface area contributed by atoms with E-state index < -0.39 is 119 Å². The summed E-state index contributed by atoms with van der Waals surface area (Å²) in [5.41, 5.74) is -5.85. The average Bonchev–Trinajstić information content (AvgIpc) is 4.02. The van der Waals surface area contributed by atoms with Crippen LogP contribution in [0.15, 0.2) is 58.4 Å². The normalized spacial score (nSPS) is 19.4. The van der Waals surface area contributed by atoms with Gasteiger partial charge in [0.05, 0.1) is 49.8 Å². The molecule has 22 nitrogen and oxygen atoms in total. The highest BCUT2D eigenvalue weighted by Gasteiger charge is 2.49. The van der Waals surface area contributed by atoms with Crippen molar-refractivity contribution in [3.05, 3.63) is 126 Å². The number of nitrogens with zero attached hydrogens (tertiary/aromatic N) is 4. The van der Waals surface area contributed by atoms with E-state index in [9.17, 15) is 75.5 Å². The van der Waals surface area contributed by atoms with Crippen LogP contribution < -0.4 is 21.5 Å². The fourth-order valence-electron chi connectivity index (χ4n) is 9.10. The van der Waals surface area contributed by atoms with Crippen LogP contribution in [0.5, 0.6) is 11.5 Å². The SMILES string of the molecule is CCOP(=O)(CCN1CC2(CCOC2)n2cc(C(=O)NCc3ccc(F)cc3F)c(=O)c(O)c2C1=O)OCC.O=C(NCc1ccc(F)cc1F)c1cn2c(c(O)c1=O)C(=O)N(CCP(=O)(O)O)CC21CCOC1. The molecule has 2 fully saturated rings. The molecule has 400 valence electrons. The summed E-state index contributed by atoms with van der Waals surface area (Å²) in [5.74, 6) is -8.63. The van der Waals surface area contributed by atoms with Crippen LogP contribution >= 0.6 is 15.2 Å². The summed E-state index contributed by atoms with van der Waals surface area (Å²) in [6.07, 6.45) is 2.36. The first-order valence-electron chi connectivity index (χ1n) is 23.0. The first-order valence-corrected chi connectivity index (χ1v) is 26.6. The second-order valence-electron chi connectivity index (χ2n) is 17.8. The van der Waals surface area contributed by atoms with E-state index in [-0.39, 0.29) is 95.3 Å². The topological polar surface area (TPSA) is 295 Å². The maximum Gasteiger partial charge on any atom is 0.332 e. The molecule has 4 aliphatic heterocycles. The van der Waals surface area contributed by atoms with E-state index in [0.29, 0.717) is 31.6 Å². The Labute approximate surface area is 418 Å². The minimum atomic E-state index is -4.42. The number of pyridine rings is 2.